The molecule has 0 N–H and O–H groups in total. The summed E-state index contributed by atoms with van der Waals surface area (Å²) in [7, 11) is 0. The number of fused-ring (bicyclic) bond motifs is 3. The van der Waals surface area contributed by atoms with Crippen molar-refractivity contribution < 1.29 is 0 Å². The van der Waals surface area contributed by atoms with Crippen LogP contribution in [0.25, 0.3) is 0 Å². The van der Waals surface area contributed by atoms with E-state index in [9.17, 15) is 0 Å². The first kappa shape index (κ1) is 7.72. The van der Waals surface area contributed by atoms with Crippen LogP contribution in [-0.4, -0.2) is 11.0 Å². The summed E-state index contributed by atoms with van der Waals surface area (Å²) in [5.41, 5.74) is 0.586. The molecule has 2 heterocycles. The lowest BCUT2D eigenvalue weighted by Gasteiger charge is -2.23. The largest absolute Gasteiger partial charge is 0.154 e. The molecule has 1 heteroatoms. The van der Waals surface area contributed by atoms with Crippen LogP contribution in [0.4, 0.5) is 0 Å². The van der Waals surface area contributed by atoms with E-state index < -0.39 is 0 Å². The Bertz CT molecular complexity index is 163. The Balaban J connectivity index is 2.19. The zero-order chi connectivity index (χ0) is 7.90. The fourth-order valence-corrected chi connectivity index (χ4v) is 3.73. The minimum absolute atomic E-state index is 0.586. The highest BCUT2D eigenvalue weighted by Gasteiger charge is 2.32. The van der Waals surface area contributed by atoms with Crippen LogP contribution < -0.4 is 0 Å². The molecule has 1 aliphatic carbocycles. The molecule has 3 rings (SSSR count). The van der Waals surface area contributed by atoms with Gasteiger partial charge in [-0.2, -0.15) is 11.8 Å². The fourth-order valence-electron chi connectivity index (χ4n) is 2.23. The Morgan fingerprint density at radius 2 is 2.09 bits per heavy atom. The molecule has 0 aromatic rings. The van der Waals surface area contributed by atoms with Crippen molar-refractivity contribution in [3.8, 4) is 0 Å². The summed E-state index contributed by atoms with van der Waals surface area (Å²) in [5, 5.41) is 0.823. The van der Waals surface area contributed by atoms with E-state index in [1.165, 1.54) is 18.6 Å². The van der Waals surface area contributed by atoms with Crippen molar-refractivity contribution in [2.24, 2.45) is 11.3 Å². The van der Waals surface area contributed by atoms with Gasteiger partial charge in [-0.05, 0) is 24.2 Å². The molecule has 2 bridgehead atoms. The van der Waals surface area contributed by atoms with Gasteiger partial charge in [0, 0.05) is 11.0 Å². The van der Waals surface area contributed by atoms with Crippen LogP contribution in [0.1, 0.15) is 26.7 Å². The van der Waals surface area contributed by atoms with Crippen LogP contribution in [-0.2, 0) is 0 Å². The number of hydrogen-bond donors (Lipinski definition) is 0. The second kappa shape index (κ2) is 2.55. The highest BCUT2D eigenvalue weighted by atomic mass is 32.2. The van der Waals surface area contributed by atoms with Gasteiger partial charge in [-0.15, -0.1) is 0 Å². The van der Waals surface area contributed by atoms with Crippen LogP contribution in [0.3, 0.4) is 0 Å². The molecule has 0 saturated carbocycles. The molecule has 0 aromatic heterocycles. The van der Waals surface area contributed by atoms with Crippen molar-refractivity contribution in [3.05, 3.63) is 12.2 Å². The van der Waals surface area contributed by atoms with Crippen molar-refractivity contribution in [3.63, 3.8) is 0 Å². The van der Waals surface area contributed by atoms with Gasteiger partial charge in [0.15, 0.2) is 0 Å². The molecule has 3 aliphatic rings. The molecule has 1 fully saturated rings. The van der Waals surface area contributed by atoms with Crippen molar-refractivity contribution >= 4 is 11.8 Å². The van der Waals surface area contributed by atoms with Crippen LogP contribution in [0.15, 0.2) is 12.2 Å². The maximum absolute atomic E-state index is 2.44. The van der Waals surface area contributed by atoms with Gasteiger partial charge in [0.05, 0.1) is 0 Å². The highest BCUT2D eigenvalue weighted by Crippen LogP contribution is 2.43. The first-order valence-corrected chi connectivity index (χ1v) is 5.50. The van der Waals surface area contributed by atoms with Crippen molar-refractivity contribution in [2.45, 2.75) is 31.9 Å². The average Bonchev–Trinajstić information content (AvgIpc) is 2.12. The molecular formula is C10H16S. The van der Waals surface area contributed by atoms with E-state index >= 15 is 0 Å². The molecule has 1 saturated heterocycles. The molecule has 0 aromatic carbocycles. The summed E-state index contributed by atoms with van der Waals surface area (Å²) in [6.07, 6.45) is 7.64. The standard InChI is InChI=1S/C10H16S/c1-10(2)5-8-3-4-9(6-10)11-7-8/h3-4,8-9H,5-7H2,1-2H3. The smallest absolute Gasteiger partial charge is 0.0232 e. The third kappa shape index (κ3) is 1.64. The third-order valence-corrected chi connectivity index (χ3v) is 4.06. The first-order chi connectivity index (χ1) is 5.16. The molecule has 11 heavy (non-hydrogen) atoms. The van der Waals surface area contributed by atoms with Gasteiger partial charge in [0.2, 0.25) is 0 Å². The van der Waals surface area contributed by atoms with Gasteiger partial charge < -0.3 is 0 Å². The number of allylic oxidation sites excluding steroid dienone is 1. The minimum atomic E-state index is 0.586. The lowest BCUT2D eigenvalue weighted by atomic mass is 9.82. The summed E-state index contributed by atoms with van der Waals surface area (Å²) in [4.78, 5) is 0. The third-order valence-electron chi connectivity index (χ3n) is 2.69. The zero-order valence-electron chi connectivity index (χ0n) is 7.34. The maximum atomic E-state index is 2.44. The molecule has 0 radical (unpaired) electrons. The van der Waals surface area contributed by atoms with E-state index in [1.54, 1.807) is 0 Å². The number of rotatable bonds is 0. The second-order valence-electron chi connectivity index (χ2n) is 4.59. The molecule has 2 aliphatic heterocycles. The normalized spacial score (nSPS) is 40.5. The van der Waals surface area contributed by atoms with Gasteiger partial charge in [-0.3, -0.25) is 0 Å². The summed E-state index contributed by atoms with van der Waals surface area (Å²) in [6.45, 7) is 4.82. The molecule has 62 valence electrons. The molecule has 0 nitrogen and oxygen atoms in total. The minimum Gasteiger partial charge on any atom is -0.154 e. The topological polar surface area (TPSA) is 0 Å². The quantitative estimate of drug-likeness (QED) is 0.501. The fraction of sp³-hybridized carbons (Fsp3) is 0.800. The Morgan fingerprint density at radius 3 is 2.73 bits per heavy atom. The Kier molecular flexibility index (Phi) is 1.79. The molecule has 0 amide bonds. The van der Waals surface area contributed by atoms with Crippen molar-refractivity contribution in [1.82, 2.24) is 0 Å². The van der Waals surface area contributed by atoms with Crippen LogP contribution in [0.2, 0.25) is 0 Å². The number of hydrogen-bond acceptors (Lipinski definition) is 1. The van der Waals surface area contributed by atoms with E-state index in [0.717, 1.165) is 11.2 Å². The van der Waals surface area contributed by atoms with E-state index in [2.05, 4.69) is 37.8 Å². The first-order valence-electron chi connectivity index (χ1n) is 4.46. The van der Waals surface area contributed by atoms with Crippen LogP contribution in [0, 0.1) is 11.3 Å². The van der Waals surface area contributed by atoms with Crippen LogP contribution in [0.5, 0.6) is 0 Å². The SMILES string of the molecule is CC1(C)CC2C=CC(C1)SC2. The maximum Gasteiger partial charge on any atom is 0.0232 e. The van der Waals surface area contributed by atoms with E-state index in [1.807, 2.05) is 0 Å². The van der Waals surface area contributed by atoms with Crippen molar-refractivity contribution in [2.75, 3.05) is 5.75 Å². The van der Waals surface area contributed by atoms with Gasteiger partial charge in [-0.1, -0.05) is 26.0 Å². The van der Waals surface area contributed by atoms with Crippen molar-refractivity contribution in [1.29, 1.82) is 0 Å². The summed E-state index contributed by atoms with van der Waals surface area (Å²) >= 11 is 2.15. The lowest BCUT2D eigenvalue weighted by molar-refractivity contribution is 0.298. The van der Waals surface area contributed by atoms with Gasteiger partial charge in [0.1, 0.15) is 0 Å². The predicted octanol–water partition coefficient (Wildman–Crippen LogP) is 3.09. The second-order valence-corrected chi connectivity index (χ2v) is 5.86. The highest BCUT2D eigenvalue weighted by molar-refractivity contribution is 8.00. The average molecular weight is 168 g/mol. The monoisotopic (exact) mass is 168 g/mol. The predicted molar refractivity (Wildman–Crippen MR) is 51.9 cm³/mol. The van der Waals surface area contributed by atoms with Crippen LogP contribution >= 0.6 is 11.8 Å². The molecule has 0 spiro atoms. The molecule has 2 unspecified atom stereocenters. The Hall–Kier alpha value is 0.0900. The summed E-state index contributed by atoms with van der Waals surface area (Å²) in [6, 6.07) is 0. The zero-order valence-corrected chi connectivity index (χ0v) is 8.16. The Labute approximate surface area is 73.4 Å². The van der Waals surface area contributed by atoms with E-state index in [-0.39, 0.29) is 0 Å². The van der Waals surface area contributed by atoms with Gasteiger partial charge in [0.25, 0.3) is 0 Å². The van der Waals surface area contributed by atoms with Gasteiger partial charge >= 0.3 is 0 Å². The number of thioether (sulfide) groups is 1. The summed E-state index contributed by atoms with van der Waals surface area (Å²) < 4.78 is 0. The molecular weight excluding hydrogens is 152 g/mol. The summed E-state index contributed by atoms with van der Waals surface area (Å²) in [5.74, 6) is 2.23. The molecule has 2 atom stereocenters. The van der Waals surface area contributed by atoms with E-state index in [0.29, 0.717) is 5.41 Å². The lowest BCUT2D eigenvalue weighted by Crippen LogP contribution is -2.14. The van der Waals surface area contributed by atoms with E-state index in [4.69, 9.17) is 0 Å². The Morgan fingerprint density at radius 1 is 1.27 bits per heavy atom. The van der Waals surface area contributed by atoms with Gasteiger partial charge in [-0.25, -0.2) is 0 Å².